The molecule has 0 fully saturated rings. The van der Waals surface area contributed by atoms with Crippen LogP contribution in [-0.4, -0.2) is 20.5 Å². The zero-order valence-electron chi connectivity index (χ0n) is 16.4. The van der Waals surface area contributed by atoms with Crippen LogP contribution in [0.3, 0.4) is 0 Å². The first-order valence-electron chi connectivity index (χ1n) is 9.10. The second-order valence-electron chi connectivity index (χ2n) is 6.60. The molecule has 0 aliphatic rings. The molecule has 3 aromatic rings. The molecule has 0 radical (unpaired) electrons. The van der Waals surface area contributed by atoms with Crippen LogP contribution in [0.1, 0.15) is 16.7 Å². The van der Waals surface area contributed by atoms with Gasteiger partial charge in [-0.2, -0.15) is 13.5 Å². The summed E-state index contributed by atoms with van der Waals surface area (Å²) in [4.78, 5) is 12.0. The SMILES string of the molecule is Cc1ccc(S(=O)(=O)Oc2cccc(F)c2/C=N\NC(=O)Cc2cccc(Cl)c2)cc1. The van der Waals surface area contributed by atoms with Gasteiger partial charge in [0, 0.05) is 5.02 Å². The van der Waals surface area contributed by atoms with E-state index in [1.165, 1.54) is 24.3 Å². The predicted octanol–water partition coefficient (Wildman–Crippen LogP) is 4.25. The normalized spacial score (nSPS) is 11.5. The Balaban J connectivity index is 1.74. The third-order valence-corrected chi connectivity index (χ3v) is 5.64. The van der Waals surface area contributed by atoms with Gasteiger partial charge >= 0.3 is 10.1 Å². The second kappa shape index (κ2) is 9.72. The summed E-state index contributed by atoms with van der Waals surface area (Å²) in [6.45, 7) is 1.82. The van der Waals surface area contributed by atoms with Crippen LogP contribution >= 0.6 is 11.6 Å². The highest BCUT2D eigenvalue weighted by Gasteiger charge is 2.19. The van der Waals surface area contributed by atoms with Crippen molar-refractivity contribution in [2.24, 2.45) is 5.10 Å². The van der Waals surface area contributed by atoms with Gasteiger partial charge in [-0.15, -0.1) is 0 Å². The number of benzene rings is 3. The monoisotopic (exact) mass is 460 g/mol. The highest BCUT2D eigenvalue weighted by molar-refractivity contribution is 7.87. The average molecular weight is 461 g/mol. The Morgan fingerprint density at radius 2 is 1.84 bits per heavy atom. The Kier molecular flexibility index (Phi) is 7.04. The van der Waals surface area contributed by atoms with Crippen LogP contribution in [0.15, 0.2) is 76.7 Å². The Labute approximate surface area is 184 Å². The van der Waals surface area contributed by atoms with E-state index in [0.29, 0.717) is 10.6 Å². The molecule has 3 aromatic carbocycles. The number of hydrazone groups is 1. The molecule has 0 atom stereocenters. The van der Waals surface area contributed by atoms with Gasteiger partial charge in [0.05, 0.1) is 18.2 Å². The highest BCUT2D eigenvalue weighted by atomic mass is 35.5. The first-order chi connectivity index (χ1) is 14.7. The van der Waals surface area contributed by atoms with E-state index < -0.39 is 21.8 Å². The van der Waals surface area contributed by atoms with Gasteiger partial charge in [-0.25, -0.2) is 9.82 Å². The van der Waals surface area contributed by atoms with E-state index in [2.05, 4.69) is 10.5 Å². The van der Waals surface area contributed by atoms with Gasteiger partial charge in [-0.05, 0) is 48.9 Å². The van der Waals surface area contributed by atoms with Crippen molar-refractivity contribution in [3.63, 3.8) is 0 Å². The number of amides is 1. The molecule has 0 heterocycles. The van der Waals surface area contributed by atoms with Crippen LogP contribution in [-0.2, 0) is 21.3 Å². The van der Waals surface area contributed by atoms with Crippen LogP contribution in [0, 0.1) is 12.7 Å². The molecule has 0 bridgehead atoms. The van der Waals surface area contributed by atoms with Crippen molar-refractivity contribution in [1.82, 2.24) is 5.43 Å². The fraction of sp³-hybridized carbons (Fsp3) is 0.0909. The summed E-state index contributed by atoms with van der Waals surface area (Å²) < 4.78 is 44.5. The van der Waals surface area contributed by atoms with Crippen LogP contribution < -0.4 is 9.61 Å². The lowest BCUT2D eigenvalue weighted by molar-refractivity contribution is -0.120. The second-order valence-corrected chi connectivity index (χ2v) is 8.58. The van der Waals surface area contributed by atoms with E-state index in [4.69, 9.17) is 15.8 Å². The summed E-state index contributed by atoms with van der Waals surface area (Å²) in [7, 11) is -4.18. The first-order valence-corrected chi connectivity index (χ1v) is 10.9. The summed E-state index contributed by atoms with van der Waals surface area (Å²) in [5.41, 5.74) is 3.61. The van der Waals surface area contributed by atoms with Crippen molar-refractivity contribution in [2.45, 2.75) is 18.2 Å². The Morgan fingerprint density at radius 3 is 2.55 bits per heavy atom. The topological polar surface area (TPSA) is 84.8 Å². The molecular weight excluding hydrogens is 443 g/mol. The molecule has 0 saturated heterocycles. The van der Waals surface area contributed by atoms with Gasteiger partial charge in [0.25, 0.3) is 0 Å². The molecule has 0 saturated carbocycles. The molecule has 9 heteroatoms. The molecule has 160 valence electrons. The van der Waals surface area contributed by atoms with E-state index in [1.54, 1.807) is 36.4 Å². The summed E-state index contributed by atoms with van der Waals surface area (Å²) in [6, 6.07) is 16.5. The van der Waals surface area contributed by atoms with E-state index in [9.17, 15) is 17.6 Å². The molecule has 0 spiro atoms. The number of halogens is 2. The molecule has 1 N–H and O–H groups in total. The van der Waals surface area contributed by atoms with Crippen LogP contribution in [0.25, 0.3) is 0 Å². The summed E-state index contributed by atoms with van der Waals surface area (Å²) in [6.07, 6.45) is 1.01. The van der Waals surface area contributed by atoms with Crippen molar-refractivity contribution in [1.29, 1.82) is 0 Å². The number of nitrogens with one attached hydrogen (secondary N) is 1. The number of rotatable bonds is 7. The molecule has 3 rings (SSSR count). The minimum Gasteiger partial charge on any atom is -0.378 e. The number of aryl methyl sites for hydroxylation is 1. The maximum atomic E-state index is 14.3. The Morgan fingerprint density at radius 1 is 1.13 bits per heavy atom. The number of nitrogens with zero attached hydrogens (tertiary/aromatic N) is 1. The van der Waals surface area contributed by atoms with Gasteiger partial charge in [0.2, 0.25) is 5.91 Å². The number of hydrogen-bond donors (Lipinski definition) is 1. The largest absolute Gasteiger partial charge is 0.378 e. The van der Waals surface area contributed by atoms with E-state index in [1.807, 2.05) is 6.92 Å². The zero-order chi connectivity index (χ0) is 22.4. The third kappa shape index (κ3) is 6.13. The van der Waals surface area contributed by atoms with Gasteiger partial charge in [-0.3, -0.25) is 4.79 Å². The maximum absolute atomic E-state index is 14.3. The van der Waals surface area contributed by atoms with Crippen molar-refractivity contribution < 1.29 is 21.8 Å². The predicted molar refractivity (Wildman–Crippen MR) is 116 cm³/mol. The number of carbonyl (C=O) groups excluding carboxylic acids is 1. The maximum Gasteiger partial charge on any atom is 0.339 e. The summed E-state index contributed by atoms with van der Waals surface area (Å²) >= 11 is 5.89. The van der Waals surface area contributed by atoms with Crippen molar-refractivity contribution in [3.8, 4) is 5.75 Å². The average Bonchev–Trinajstić information content (AvgIpc) is 2.70. The summed E-state index contributed by atoms with van der Waals surface area (Å²) in [5.74, 6) is -1.47. The van der Waals surface area contributed by atoms with Crippen LogP contribution in [0.4, 0.5) is 4.39 Å². The van der Waals surface area contributed by atoms with Crippen molar-refractivity contribution >= 4 is 33.8 Å². The minimum absolute atomic E-state index is 0.0142. The third-order valence-electron chi connectivity index (χ3n) is 4.16. The fourth-order valence-electron chi connectivity index (χ4n) is 2.63. The molecule has 0 unspecified atom stereocenters. The standard InChI is InChI=1S/C22H18ClFN2O4S/c1-15-8-10-18(11-9-15)31(28,29)30-21-7-3-6-20(24)19(21)14-25-26-22(27)13-16-4-2-5-17(23)12-16/h2-12,14H,13H2,1H3,(H,26,27)/b25-14-. The number of carbonyl (C=O) groups is 1. The Hall–Kier alpha value is -3.23. The lowest BCUT2D eigenvalue weighted by atomic mass is 10.1. The Bertz CT molecular complexity index is 1230. The molecular formula is C22H18ClFN2O4S. The van der Waals surface area contributed by atoms with Crippen LogP contribution in [0.5, 0.6) is 5.75 Å². The van der Waals surface area contributed by atoms with Gasteiger partial charge < -0.3 is 4.18 Å². The lowest BCUT2D eigenvalue weighted by Crippen LogP contribution is -2.20. The minimum atomic E-state index is -4.18. The van der Waals surface area contributed by atoms with E-state index in [-0.39, 0.29) is 22.6 Å². The zero-order valence-corrected chi connectivity index (χ0v) is 18.0. The smallest absolute Gasteiger partial charge is 0.339 e. The molecule has 0 aliphatic heterocycles. The molecule has 6 nitrogen and oxygen atoms in total. The molecule has 1 amide bonds. The van der Waals surface area contributed by atoms with E-state index in [0.717, 1.165) is 17.8 Å². The fourth-order valence-corrected chi connectivity index (χ4v) is 3.79. The molecule has 31 heavy (non-hydrogen) atoms. The van der Waals surface area contributed by atoms with E-state index >= 15 is 0 Å². The quantitative estimate of drug-likeness (QED) is 0.324. The molecule has 0 aliphatic carbocycles. The number of hydrogen-bond acceptors (Lipinski definition) is 5. The van der Waals surface area contributed by atoms with Crippen molar-refractivity contribution in [3.05, 3.63) is 94.3 Å². The van der Waals surface area contributed by atoms with Gasteiger partial charge in [-0.1, -0.05) is 47.5 Å². The van der Waals surface area contributed by atoms with Gasteiger partial charge in [0.1, 0.15) is 10.7 Å². The lowest BCUT2D eigenvalue weighted by Gasteiger charge is -2.10. The van der Waals surface area contributed by atoms with Crippen molar-refractivity contribution in [2.75, 3.05) is 0 Å². The first kappa shape index (κ1) is 22.5. The molecule has 0 aromatic heterocycles. The van der Waals surface area contributed by atoms with Gasteiger partial charge in [0.15, 0.2) is 5.75 Å². The van der Waals surface area contributed by atoms with Crippen LogP contribution in [0.2, 0.25) is 5.02 Å². The summed E-state index contributed by atoms with van der Waals surface area (Å²) in [5, 5.41) is 4.22. The highest BCUT2D eigenvalue weighted by Crippen LogP contribution is 2.24.